The van der Waals surface area contributed by atoms with Crippen molar-refractivity contribution in [1.29, 1.82) is 0 Å². The minimum absolute atomic E-state index is 0.0428. The van der Waals surface area contributed by atoms with E-state index >= 15 is 0 Å². The largest absolute Gasteiger partial charge is 0.494 e. The lowest BCUT2D eigenvalue weighted by Crippen LogP contribution is -2.53. The van der Waals surface area contributed by atoms with Crippen LogP contribution in [0.2, 0.25) is 0 Å². The van der Waals surface area contributed by atoms with Crippen LogP contribution < -0.4 is 10.9 Å². The van der Waals surface area contributed by atoms with Gasteiger partial charge in [-0.05, 0) is 57.6 Å². The number of aromatic nitrogens is 3. The van der Waals surface area contributed by atoms with Gasteiger partial charge < -0.3 is 20.2 Å². The Hall–Kier alpha value is -3.14. The van der Waals surface area contributed by atoms with Crippen LogP contribution in [-0.4, -0.2) is 79.2 Å². The maximum atomic E-state index is 13.3. The van der Waals surface area contributed by atoms with E-state index in [1.54, 1.807) is 16.7 Å². The van der Waals surface area contributed by atoms with Gasteiger partial charge in [-0.3, -0.25) is 19.0 Å². The summed E-state index contributed by atoms with van der Waals surface area (Å²) in [6, 6.07) is 0.0473. The molecule has 194 valence electrons. The SMILES string of the molecule is CC(C)Cn1c(O)c(C(=O)NC2CC2)c(=O)n2ncc(C=CC(=O)N3CCCC34CCN(C)CC4)c12. The minimum atomic E-state index is -0.670. The number of amides is 2. The van der Waals surface area contributed by atoms with Crippen molar-refractivity contribution in [3.63, 3.8) is 0 Å². The summed E-state index contributed by atoms with van der Waals surface area (Å²) in [6.07, 6.45) is 10.5. The van der Waals surface area contributed by atoms with E-state index in [4.69, 9.17) is 0 Å². The lowest BCUT2D eigenvalue weighted by molar-refractivity contribution is -0.131. The van der Waals surface area contributed by atoms with Crippen LogP contribution in [-0.2, 0) is 11.3 Å². The maximum absolute atomic E-state index is 13.3. The molecule has 2 aliphatic heterocycles. The standard InChI is InChI=1S/C26H36N6O4/c1-17(2)16-30-23-18(5-8-20(33)31-12-4-9-26(31)10-13-29(3)14-11-26)15-27-32(23)25(36)21(24(30)35)22(34)28-19-6-7-19/h5,8,15,17,19,35H,4,6-7,9-14,16H2,1-3H3,(H,28,34). The van der Waals surface area contributed by atoms with Crippen LogP contribution in [0.25, 0.3) is 11.7 Å². The van der Waals surface area contributed by atoms with Crippen molar-refractivity contribution in [2.24, 2.45) is 5.92 Å². The molecule has 4 heterocycles. The first-order valence-corrected chi connectivity index (χ1v) is 13.0. The normalized spacial score (nSPS) is 20.3. The molecule has 2 N–H and O–H groups in total. The molecule has 0 aromatic carbocycles. The van der Waals surface area contributed by atoms with Crippen molar-refractivity contribution < 1.29 is 14.7 Å². The number of rotatable bonds is 6. The maximum Gasteiger partial charge on any atom is 0.291 e. The van der Waals surface area contributed by atoms with E-state index in [1.807, 2.05) is 18.7 Å². The van der Waals surface area contributed by atoms with Crippen molar-refractivity contribution in [3.05, 3.63) is 33.8 Å². The lowest BCUT2D eigenvalue weighted by Gasteiger charge is -2.43. The van der Waals surface area contributed by atoms with Gasteiger partial charge in [-0.2, -0.15) is 9.61 Å². The molecule has 2 aromatic rings. The van der Waals surface area contributed by atoms with Crippen molar-refractivity contribution in [3.8, 4) is 5.88 Å². The molecule has 5 rings (SSSR count). The van der Waals surface area contributed by atoms with E-state index in [-0.39, 0.29) is 34.8 Å². The molecule has 3 fully saturated rings. The number of piperidine rings is 1. The molecule has 36 heavy (non-hydrogen) atoms. The molecule has 10 heteroatoms. The summed E-state index contributed by atoms with van der Waals surface area (Å²) in [4.78, 5) is 43.6. The van der Waals surface area contributed by atoms with E-state index in [0.29, 0.717) is 17.8 Å². The fourth-order valence-electron chi connectivity index (χ4n) is 5.64. The summed E-state index contributed by atoms with van der Waals surface area (Å²) in [5.41, 5.74) is -0.130. The molecular formula is C26H36N6O4. The molecule has 2 amide bonds. The van der Waals surface area contributed by atoms with Gasteiger partial charge in [0.15, 0.2) is 5.56 Å². The van der Waals surface area contributed by atoms with E-state index in [2.05, 4.69) is 22.4 Å². The molecule has 0 radical (unpaired) electrons. The van der Waals surface area contributed by atoms with Crippen LogP contribution in [0.3, 0.4) is 0 Å². The number of likely N-dealkylation sites (tertiary alicyclic amines) is 2. The Kier molecular flexibility index (Phi) is 6.40. The number of carbonyl (C=O) groups is 2. The van der Waals surface area contributed by atoms with Crippen molar-refractivity contribution in [2.45, 2.75) is 70.5 Å². The molecule has 0 bridgehead atoms. The highest BCUT2D eigenvalue weighted by Crippen LogP contribution is 2.38. The smallest absolute Gasteiger partial charge is 0.291 e. The third-order valence-corrected chi connectivity index (χ3v) is 7.79. The molecular weight excluding hydrogens is 460 g/mol. The number of nitrogens with one attached hydrogen (secondary N) is 1. The number of carbonyl (C=O) groups excluding carboxylic acids is 2. The Morgan fingerprint density at radius 3 is 2.61 bits per heavy atom. The average molecular weight is 497 g/mol. The van der Waals surface area contributed by atoms with Crippen LogP contribution in [0.5, 0.6) is 5.88 Å². The van der Waals surface area contributed by atoms with Gasteiger partial charge >= 0.3 is 0 Å². The van der Waals surface area contributed by atoms with Gasteiger partial charge in [0.05, 0.1) is 6.20 Å². The summed E-state index contributed by atoms with van der Waals surface area (Å²) in [7, 11) is 2.12. The zero-order valence-corrected chi connectivity index (χ0v) is 21.4. The highest BCUT2D eigenvalue weighted by atomic mass is 16.3. The molecule has 2 aromatic heterocycles. The van der Waals surface area contributed by atoms with E-state index in [1.165, 1.54) is 6.20 Å². The summed E-state index contributed by atoms with van der Waals surface area (Å²) in [5.74, 6) is -0.868. The number of hydrogen-bond donors (Lipinski definition) is 2. The predicted octanol–water partition coefficient (Wildman–Crippen LogP) is 1.85. The number of hydrogen-bond acceptors (Lipinski definition) is 6. The Morgan fingerprint density at radius 2 is 1.94 bits per heavy atom. The van der Waals surface area contributed by atoms with Crippen LogP contribution in [0.15, 0.2) is 17.1 Å². The Bertz CT molecular complexity index is 1260. The quantitative estimate of drug-likeness (QED) is 0.591. The number of fused-ring (bicyclic) bond motifs is 1. The molecule has 1 spiro atoms. The fourth-order valence-corrected chi connectivity index (χ4v) is 5.64. The Labute approximate surface area is 210 Å². The molecule has 0 atom stereocenters. The summed E-state index contributed by atoms with van der Waals surface area (Å²) >= 11 is 0. The van der Waals surface area contributed by atoms with Crippen molar-refractivity contribution in [2.75, 3.05) is 26.7 Å². The fraction of sp³-hybridized carbons (Fsp3) is 0.615. The summed E-state index contributed by atoms with van der Waals surface area (Å²) < 4.78 is 2.71. The summed E-state index contributed by atoms with van der Waals surface area (Å²) in [6.45, 7) is 7.07. The van der Waals surface area contributed by atoms with Gasteiger partial charge in [0.2, 0.25) is 11.8 Å². The van der Waals surface area contributed by atoms with E-state index < -0.39 is 11.5 Å². The second-order valence-electron chi connectivity index (χ2n) is 11.0. The zero-order valence-electron chi connectivity index (χ0n) is 21.4. The number of nitrogens with zero attached hydrogens (tertiary/aromatic N) is 5. The van der Waals surface area contributed by atoms with Crippen LogP contribution in [0, 0.1) is 5.92 Å². The van der Waals surface area contributed by atoms with Crippen LogP contribution >= 0.6 is 0 Å². The van der Waals surface area contributed by atoms with Crippen LogP contribution in [0.1, 0.15) is 68.3 Å². The van der Waals surface area contributed by atoms with Gasteiger partial charge in [0, 0.05) is 49.4 Å². The third kappa shape index (κ3) is 4.42. The van der Waals surface area contributed by atoms with Gasteiger partial charge in [0.1, 0.15) is 5.65 Å². The lowest BCUT2D eigenvalue weighted by atomic mass is 9.85. The number of aromatic hydroxyl groups is 1. The second kappa shape index (κ2) is 9.38. The highest BCUT2D eigenvalue weighted by Gasteiger charge is 2.44. The van der Waals surface area contributed by atoms with Gasteiger partial charge in [-0.25, -0.2) is 0 Å². The predicted molar refractivity (Wildman–Crippen MR) is 136 cm³/mol. The Morgan fingerprint density at radius 1 is 1.22 bits per heavy atom. The average Bonchev–Trinajstić information content (AvgIpc) is 3.39. The highest BCUT2D eigenvalue weighted by molar-refractivity contribution is 5.97. The van der Waals surface area contributed by atoms with E-state index in [9.17, 15) is 19.5 Å². The molecule has 10 nitrogen and oxygen atoms in total. The molecule has 3 aliphatic rings. The topological polar surface area (TPSA) is 112 Å². The monoisotopic (exact) mass is 496 g/mol. The molecule has 1 aliphatic carbocycles. The van der Waals surface area contributed by atoms with Gasteiger partial charge in [-0.15, -0.1) is 0 Å². The second-order valence-corrected chi connectivity index (χ2v) is 11.0. The third-order valence-electron chi connectivity index (χ3n) is 7.79. The molecule has 0 unspecified atom stereocenters. The molecule has 2 saturated heterocycles. The Balaban J connectivity index is 1.49. The van der Waals surface area contributed by atoms with Crippen molar-refractivity contribution in [1.82, 2.24) is 29.3 Å². The van der Waals surface area contributed by atoms with E-state index in [0.717, 1.165) is 62.7 Å². The van der Waals surface area contributed by atoms with Crippen LogP contribution in [0.4, 0.5) is 0 Å². The van der Waals surface area contributed by atoms with Gasteiger partial charge in [0.25, 0.3) is 11.5 Å². The first kappa shape index (κ1) is 24.5. The summed E-state index contributed by atoms with van der Waals surface area (Å²) in [5, 5.41) is 18.1. The first-order chi connectivity index (χ1) is 17.2. The minimum Gasteiger partial charge on any atom is -0.494 e. The molecule has 1 saturated carbocycles. The van der Waals surface area contributed by atoms with Crippen molar-refractivity contribution >= 4 is 23.5 Å². The van der Waals surface area contributed by atoms with Gasteiger partial charge in [-0.1, -0.05) is 13.8 Å². The first-order valence-electron chi connectivity index (χ1n) is 13.0. The zero-order chi connectivity index (χ0) is 25.6.